The lowest BCUT2D eigenvalue weighted by Crippen LogP contribution is -2.13. The standard InChI is InChI=1S/C16H21FN4/c1-5-14-20-15(18)10(3)16(21-14)19-11(4)12-7-6-9(2)13(17)8-12/h6-8,11H,5H2,1-4H3,(H3,18,19,20,21). The van der Waals surface area contributed by atoms with Gasteiger partial charge < -0.3 is 11.1 Å². The van der Waals surface area contributed by atoms with Crippen molar-refractivity contribution in [2.75, 3.05) is 11.1 Å². The number of anilines is 2. The molecule has 3 N–H and O–H groups in total. The van der Waals surface area contributed by atoms with Gasteiger partial charge in [0.1, 0.15) is 23.3 Å². The first kappa shape index (κ1) is 15.2. The van der Waals surface area contributed by atoms with Gasteiger partial charge in [0, 0.05) is 12.0 Å². The first-order valence-corrected chi connectivity index (χ1v) is 7.08. The van der Waals surface area contributed by atoms with Gasteiger partial charge in [-0.2, -0.15) is 0 Å². The van der Waals surface area contributed by atoms with Gasteiger partial charge in [-0.3, -0.25) is 0 Å². The van der Waals surface area contributed by atoms with Crippen LogP contribution in [0.15, 0.2) is 18.2 Å². The molecule has 0 spiro atoms. The SMILES string of the molecule is CCc1nc(N)c(C)c(NC(C)c2ccc(C)c(F)c2)n1. The second-order valence-corrected chi connectivity index (χ2v) is 5.23. The summed E-state index contributed by atoms with van der Waals surface area (Å²) < 4.78 is 13.7. The van der Waals surface area contributed by atoms with Gasteiger partial charge in [-0.15, -0.1) is 0 Å². The zero-order valence-corrected chi connectivity index (χ0v) is 12.9. The molecule has 0 aliphatic heterocycles. The van der Waals surface area contributed by atoms with E-state index in [2.05, 4.69) is 15.3 Å². The van der Waals surface area contributed by atoms with Crippen molar-refractivity contribution in [1.29, 1.82) is 0 Å². The van der Waals surface area contributed by atoms with Crippen molar-refractivity contribution in [3.05, 3.63) is 46.5 Å². The second kappa shape index (κ2) is 6.08. The maximum absolute atomic E-state index is 13.7. The minimum atomic E-state index is -0.200. The molecule has 1 heterocycles. The Balaban J connectivity index is 2.28. The third kappa shape index (κ3) is 3.29. The van der Waals surface area contributed by atoms with E-state index < -0.39 is 0 Å². The van der Waals surface area contributed by atoms with Crippen LogP contribution in [-0.2, 0) is 6.42 Å². The molecule has 0 radical (unpaired) electrons. The summed E-state index contributed by atoms with van der Waals surface area (Å²) in [6, 6.07) is 5.17. The molecule has 0 saturated carbocycles. The van der Waals surface area contributed by atoms with Gasteiger partial charge in [0.05, 0.1) is 6.04 Å². The summed E-state index contributed by atoms with van der Waals surface area (Å²) in [5, 5.41) is 3.29. The minimum absolute atomic E-state index is 0.0715. The number of nitrogens with two attached hydrogens (primary N) is 1. The zero-order valence-electron chi connectivity index (χ0n) is 12.9. The molecule has 112 valence electrons. The van der Waals surface area contributed by atoms with Crippen molar-refractivity contribution >= 4 is 11.6 Å². The summed E-state index contributed by atoms with van der Waals surface area (Å²) >= 11 is 0. The smallest absolute Gasteiger partial charge is 0.135 e. The Morgan fingerprint density at radius 1 is 1.29 bits per heavy atom. The van der Waals surface area contributed by atoms with Crippen LogP contribution in [0.5, 0.6) is 0 Å². The van der Waals surface area contributed by atoms with Crippen LogP contribution in [0.4, 0.5) is 16.0 Å². The van der Waals surface area contributed by atoms with Gasteiger partial charge in [-0.25, -0.2) is 14.4 Å². The molecule has 0 fully saturated rings. The highest BCUT2D eigenvalue weighted by Gasteiger charge is 2.13. The van der Waals surface area contributed by atoms with E-state index in [1.165, 1.54) is 0 Å². The van der Waals surface area contributed by atoms with Crippen molar-refractivity contribution in [2.45, 2.75) is 40.2 Å². The summed E-state index contributed by atoms with van der Waals surface area (Å²) in [6.45, 7) is 7.57. The molecule has 21 heavy (non-hydrogen) atoms. The summed E-state index contributed by atoms with van der Waals surface area (Å²) in [5.74, 6) is 1.68. The van der Waals surface area contributed by atoms with Gasteiger partial charge >= 0.3 is 0 Å². The molecule has 1 aromatic carbocycles. The van der Waals surface area contributed by atoms with Crippen LogP contribution < -0.4 is 11.1 Å². The van der Waals surface area contributed by atoms with E-state index in [1.54, 1.807) is 19.1 Å². The van der Waals surface area contributed by atoms with E-state index in [-0.39, 0.29) is 11.9 Å². The summed E-state index contributed by atoms with van der Waals surface area (Å²) in [4.78, 5) is 8.69. The molecule has 0 bridgehead atoms. The number of benzene rings is 1. The van der Waals surface area contributed by atoms with E-state index in [0.717, 1.165) is 11.1 Å². The number of halogens is 1. The van der Waals surface area contributed by atoms with Crippen LogP contribution in [0.1, 0.15) is 42.4 Å². The lowest BCUT2D eigenvalue weighted by molar-refractivity contribution is 0.614. The Labute approximate surface area is 124 Å². The quantitative estimate of drug-likeness (QED) is 0.903. The number of rotatable bonds is 4. The van der Waals surface area contributed by atoms with Gasteiger partial charge in [-0.05, 0) is 38.0 Å². The van der Waals surface area contributed by atoms with Crippen LogP contribution in [0.3, 0.4) is 0 Å². The van der Waals surface area contributed by atoms with Crippen LogP contribution in [0.2, 0.25) is 0 Å². The average molecular weight is 288 g/mol. The molecule has 1 atom stereocenters. The zero-order chi connectivity index (χ0) is 15.6. The number of nitrogens with zero attached hydrogens (tertiary/aromatic N) is 2. The van der Waals surface area contributed by atoms with Crippen LogP contribution in [-0.4, -0.2) is 9.97 Å². The van der Waals surface area contributed by atoms with Crippen LogP contribution >= 0.6 is 0 Å². The summed E-state index contributed by atoms with van der Waals surface area (Å²) in [6.07, 6.45) is 0.715. The Kier molecular flexibility index (Phi) is 4.40. The van der Waals surface area contributed by atoms with E-state index in [1.807, 2.05) is 26.8 Å². The van der Waals surface area contributed by atoms with Crippen LogP contribution in [0, 0.1) is 19.7 Å². The monoisotopic (exact) mass is 288 g/mol. The van der Waals surface area contributed by atoms with Gasteiger partial charge in [0.25, 0.3) is 0 Å². The number of nitrogens with one attached hydrogen (secondary N) is 1. The lowest BCUT2D eigenvalue weighted by atomic mass is 10.1. The number of aromatic nitrogens is 2. The number of aryl methyl sites for hydroxylation is 2. The van der Waals surface area contributed by atoms with Crippen LogP contribution in [0.25, 0.3) is 0 Å². The molecule has 0 aliphatic carbocycles. The molecule has 5 heteroatoms. The van der Waals surface area contributed by atoms with Crippen molar-refractivity contribution in [3.8, 4) is 0 Å². The maximum atomic E-state index is 13.7. The van der Waals surface area contributed by atoms with Crippen molar-refractivity contribution in [2.24, 2.45) is 0 Å². The first-order valence-electron chi connectivity index (χ1n) is 7.08. The molecule has 0 amide bonds. The Bertz CT molecular complexity index is 655. The van der Waals surface area contributed by atoms with Gasteiger partial charge in [-0.1, -0.05) is 19.1 Å². The van der Waals surface area contributed by atoms with Crippen molar-refractivity contribution in [1.82, 2.24) is 9.97 Å². The maximum Gasteiger partial charge on any atom is 0.135 e. The minimum Gasteiger partial charge on any atom is -0.383 e. The third-order valence-electron chi connectivity index (χ3n) is 3.60. The number of hydrogen-bond acceptors (Lipinski definition) is 4. The molecule has 0 saturated heterocycles. The van der Waals surface area contributed by atoms with E-state index in [4.69, 9.17) is 5.73 Å². The largest absolute Gasteiger partial charge is 0.383 e. The molecule has 2 aromatic rings. The summed E-state index contributed by atoms with van der Waals surface area (Å²) in [5.41, 5.74) is 8.22. The Morgan fingerprint density at radius 2 is 2.00 bits per heavy atom. The molecule has 0 aliphatic rings. The van der Waals surface area contributed by atoms with Crippen molar-refractivity contribution in [3.63, 3.8) is 0 Å². The highest BCUT2D eigenvalue weighted by atomic mass is 19.1. The third-order valence-corrected chi connectivity index (χ3v) is 3.60. The fourth-order valence-electron chi connectivity index (χ4n) is 2.05. The second-order valence-electron chi connectivity index (χ2n) is 5.23. The topological polar surface area (TPSA) is 63.8 Å². The highest BCUT2D eigenvalue weighted by Crippen LogP contribution is 2.24. The normalized spacial score (nSPS) is 12.2. The van der Waals surface area contributed by atoms with Gasteiger partial charge in [0.2, 0.25) is 0 Å². The summed E-state index contributed by atoms with van der Waals surface area (Å²) in [7, 11) is 0. The molecule has 2 rings (SSSR count). The van der Waals surface area contributed by atoms with Gasteiger partial charge in [0.15, 0.2) is 0 Å². The lowest BCUT2D eigenvalue weighted by Gasteiger charge is -2.18. The molecular formula is C16H21FN4. The van der Waals surface area contributed by atoms with Crippen molar-refractivity contribution < 1.29 is 4.39 Å². The molecule has 1 unspecified atom stereocenters. The van der Waals surface area contributed by atoms with E-state index in [0.29, 0.717) is 29.4 Å². The first-order chi connectivity index (χ1) is 9.92. The highest BCUT2D eigenvalue weighted by molar-refractivity contribution is 5.55. The predicted octanol–water partition coefficient (Wildman–Crippen LogP) is 3.55. The van der Waals surface area contributed by atoms with E-state index in [9.17, 15) is 4.39 Å². The fourth-order valence-corrected chi connectivity index (χ4v) is 2.05. The Hall–Kier alpha value is -2.17. The molecular weight excluding hydrogens is 267 g/mol. The fraction of sp³-hybridized carbons (Fsp3) is 0.375. The average Bonchev–Trinajstić information content (AvgIpc) is 2.46. The predicted molar refractivity (Wildman–Crippen MR) is 83.7 cm³/mol. The Morgan fingerprint density at radius 3 is 2.62 bits per heavy atom. The molecule has 1 aromatic heterocycles. The van der Waals surface area contributed by atoms with E-state index >= 15 is 0 Å². The number of hydrogen-bond donors (Lipinski definition) is 2. The molecule has 4 nitrogen and oxygen atoms in total. The number of nitrogen functional groups attached to an aromatic ring is 1.